The molecule has 130 valence electrons. The number of phenolic OH excluding ortho intramolecular Hbond substituents is 1. The minimum absolute atomic E-state index is 0.137. The summed E-state index contributed by atoms with van der Waals surface area (Å²) >= 11 is 1.76. The van der Waals surface area contributed by atoms with Gasteiger partial charge in [-0.2, -0.15) is 0 Å². The first-order chi connectivity index (χ1) is 11.7. The largest absolute Gasteiger partial charge is 0.508 e. The van der Waals surface area contributed by atoms with Crippen LogP contribution in [0, 0.1) is 0 Å². The average molecular weight is 346 g/mol. The van der Waals surface area contributed by atoms with Crippen LogP contribution in [0.4, 0.5) is 5.69 Å². The van der Waals surface area contributed by atoms with Crippen molar-refractivity contribution in [3.63, 3.8) is 0 Å². The minimum atomic E-state index is 0.137. The number of rotatable bonds is 6. The predicted molar refractivity (Wildman–Crippen MR) is 102 cm³/mol. The summed E-state index contributed by atoms with van der Waals surface area (Å²) < 4.78 is 0. The lowest BCUT2D eigenvalue weighted by molar-refractivity contribution is 0.198. The highest BCUT2D eigenvalue weighted by molar-refractivity contribution is 7.10. The lowest BCUT2D eigenvalue weighted by atomic mass is 10.0. The number of aromatic hydroxyl groups is 1. The molecule has 1 fully saturated rings. The second-order valence-corrected chi connectivity index (χ2v) is 7.10. The Hall–Kier alpha value is -1.56. The maximum absolute atomic E-state index is 10.8. The second-order valence-electron chi connectivity index (χ2n) is 6.12. The van der Waals surface area contributed by atoms with E-state index < -0.39 is 0 Å². The number of hydrogen-bond acceptors (Lipinski definition) is 5. The van der Waals surface area contributed by atoms with E-state index in [0.717, 1.165) is 50.5 Å². The van der Waals surface area contributed by atoms with Crippen molar-refractivity contribution < 1.29 is 5.11 Å². The molecule has 4 nitrogen and oxygen atoms in total. The molecule has 0 unspecified atom stereocenters. The van der Waals surface area contributed by atoms with Gasteiger partial charge in [0.2, 0.25) is 0 Å². The summed E-state index contributed by atoms with van der Waals surface area (Å²) in [5, 5.41) is 16.3. The molecule has 2 aromatic rings. The molecular formula is C19H27N3OS. The Labute approximate surface area is 148 Å². The molecule has 2 heterocycles. The SMILES string of the molecule is CCN(CC)c1ccc([C@@H](c2cccs2)N2CCNCC2)c(O)c1. The van der Waals surface area contributed by atoms with E-state index in [1.165, 1.54) is 4.88 Å². The van der Waals surface area contributed by atoms with Crippen LogP contribution in [0.15, 0.2) is 35.7 Å². The van der Waals surface area contributed by atoms with Gasteiger partial charge in [-0.1, -0.05) is 12.1 Å². The lowest BCUT2D eigenvalue weighted by Crippen LogP contribution is -2.45. The zero-order valence-electron chi connectivity index (χ0n) is 14.5. The van der Waals surface area contributed by atoms with Gasteiger partial charge in [0.1, 0.15) is 5.75 Å². The Kier molecular flexibility index (Phi) is 5.76. The Morgan fingerprint density at radius 2 is 1.96 bits per heavy atom. The van der Waals surface area contributed by atoms with E-state index in [9.17, 15) is 5.11 Å². The molecule has 0 aliphatic carbocycles. The van der Waals surface area contributed by atoms with Crippen molar-refractivity contribution in [3.8, 4) is 5.75 Å². The van der Waals surface area contributed by atoms with Crippen LogP contribution in [0.3, 0.4) is 0 Å². The van der Waals surface area contributed by atoms with Crippen LogP contribution in [0.25, 0.3) is 0 Å². The van der Waals surface area contributed by atoms with Crippen molar-refractivity contribution in [2.45, 2.75) is 19.9 Å². The van der Waals surface area contributed by atoms with Gasteiger partial charge in [0.15, 0.2) is 0 Å². The summed E-state index contributed by atoms with van der Waals surface area (Å²) in [5.41, 5.74) is 2.10. The molecule has 0 saturated carbocycles. The number of phenols is 1. The van der Waals surface area contributed by atoms with E-state index in [1.54, 1.807) is 11.3 Å². The van der Waals surface area contributed by atoms with Gasteiger partial charge in [-0.25, -0.2) is 0 Å². The van der Waals surface area contributed by atoms with Gasteiger partial charge in [0, 0.05) is 61.5 Å². The monoisotopic (exact) mass is 345 g/mol. The van der Waals surface area contributed by atoms with Gasteiger partial charge in [0.05, 0.1) is 6.04 Å². The molecule has 1 aromatic heterocycles. The third-order valence-corrected chi connectivity index (χ3v) is 5.69. The maximum atomic E-state index is 10.8. The van der Waals surface area contributed by atoms with Gasteiger partial charge >= 0.3 is 0 Å². The fraction of sp³-hybridized carbons (Fsp3) is 0.474. The van der Waals surface area contributed by atoms with Crippen LogP contribution in [0.5, 0.6) is 5.75 Å². The Balaban J connectivity index is 1.95. The molecule has 1 aliphatic heterocycles. The quantitative estimate of drug-likeness (QED) is 0.843. The third kappa shape index (κ3) is 3.58. The van der Waals surface area contributed by atoms with Crippen LogP contribution in [0.2, 0.25) is 0 Å². The normalized spacial score (nSPS) is 16.9. The molecule has 1 atom stereocenters. The molecule has 2 N–H and O–H groups in total. The minimum Gasteiger partial charge on any atom is -0.508 e. The molecule has 0 spiro atoms. The van der Waals surface area contributed by atoms with Gasteiger partial charge < -0.3 is 15.3 Å². The van der Waals surface area contributed by atoms with Crippen LogP contribution in [-0.2, 0) is 0 Å². The van der Waals surface area contributed by atoms with E-state index in [4.69, 9.17) is 0 Å². The van der Waals surface area contributed by atoms with Crippen LogP contribution >= 0.6 is 11.3 Å². The number of piperazine rings is 1. The summed E-state index contributed by atoms with van der Waals surface area (Å²) in [7, 11) is 0. The third-order valence-electron chi connectivity index (χ3n) is 4.77. The molecule has 0 amide bonds. The standard InChI is InChI=1S/C19H27N3OS/c1-3-21(4-2)15-7-8-16(17(23)14-15)19(18-6-5-13-24-18)22-11-9-20-10-12-22/h5-8,13-14,19-20,23H,3-4,9-12H2,1-2H3/t19-/m0/s1. The Morgan fingerprint density at radius 1 is 1.21 bits per heavy atom. The average Bonchev–Trinajstić information content (AvgIpc) is 3.13. The Morgan fingerprint density at radius 3 is 2.54 bits per heavy atom. The van der Waals surface area contributed by atoms with Crippen molar-refractivity contribution in [2.75, 3.05) is 44.2 Å². The summed E-state index contributed by atoms with van der Waals surface area (Å²) in [6, 6.07) is 10.6. The first-order valence-corrected chi connectivity index (χ1v) is 9.68. The first kappa shape index (κ1) is 17.3. The van der Waals surface area contributed by atoms with Gasteiger partial charge in [-0.3, -0.25) is 4.90 Å². The van der Waals surface area contributed by atoms with Crippen molar-refractivity contribution in [2.24, 2.45) is 0 Å². The van der Waals surface area contributed by atoms with Crippen molar-refractivity contribution >= 4 is 17.0 Å². The molecule has 24 heavy (non-hydrogen) atoms. The van der Waals surface area contributed by atoms with Crippen LogP contribution in [0.1, 0.15) is 30.3 Å². The van der Waals surface area contributed by atoms with Crippen LogP contribution < -0.4 is 10.2 Å². The van der Waals surface area contributed by atoms with E-state index in [0.29, 0.717) is 5.75 Å². The molecule has 1 aromatic carbocycles. The highest BCUT2D eigenvalue weighted by Gasteiger charge is 2.27. The fourth-order valence-corrected chi connectivity index (χ4v) is 4.34. The second kappa shape index (κ2) is 8.01. The van der Waals surface area contributed by atoms with Gasteiger partial charge in [-0.15, -0.1) is 11.3 Å². The summed E-state index contributed by atoms with van der Waals surface area (Å²) in [6.07, 6.45) is 0. The summed E-state index contributed by atoms with van der Waals surface area (Å²) in [5.74, 6) is 0.399. The first-order valence-electron chi connectivity index (χ1n) is 8.80. The molecule has 5 heteroatoms. The smallest absolute Gasteiger partial charge is 0.122 e. The number of thiophene rings is 1. The van der Waals surface area contributed by atoms with Gasteiger partial charge in [0.25, 0.3) is 0 Å². The highest BCUT2D eigenvalue weighted by atomic mass is 32.1. The highest BCUT2D eigenvalue weighted by Crippen LogP contribution is 2.38. The fourth-order valence-electron chi connectivity index (χ4n) is 3.47. The maximum Gasteiger partial charge on any atom is 0.122 e. The van der Waals surface area contributed by atoms with E-state index in [1.807, 2.05) is 6.07 Å². The number of benzene rings is 1. The molecule has 3 rings (SSSR count). The van der Waals surface area contributed by atoms with Gasteiger partial charge in [-0.05, 0) is 31.4 Å². The number of anilines is 1. The van der Waals surface area contributed by atoms with Crippen molar-refractivity contribution in [1.82, 2.24) is 10.2 Å². The van der Waals surface area contributed by atoms with Crippen LogP contribution in [-0.4, -0.2) is 49.3 Å². The number of nitrogens with zero attached hydrogens (tertiary/aromatic N) is 2. The summed E-state index contributed by atoms with van der Waals surface area (Å²) in [4.78, 5) is 6.02. The zero-order valence-corrected chi connectivity index (χ0v) is 15.4. The zero-order chi connectivity index (χ0) is 16.9. The van der Waals surface area contributed by atoms with E-state index in [2.05, 4.69) is 58.6 Å². The van der Waals surface area contributed by atoms with E-state index in [-0.39, 0.29) is 6.04 Å². The van der Waals surface area contributed by atoms with Crippen molar-refractivity contribution in [3.05, 3.63) is 46.2 Å². The predicted octanol–water partition coefficient (Wildman–Crippen LogP) is 3.29. The molecule has 0 radical (unpaired) electrons. The number of nitrogens with one attached hydrogen (secondary N) is 1. The molecule has 0 bridgehead atoms. The van der Waals surface area contributed by atoms with E-state index >= 15 is 0 Å². The lowest BCUT2D eigenvalue weighted by Gasteiger charge is -2.35. The molecule has 1 saturated heterocycles. The number of hydrogen-bond donors (Lipinski definition) is 2. The topological polar surface area (TPSA) is 38.7 Å². The molecule has 1 aliphatic rings. The molecular weight excluding hydrogens is 318 g/mol. The van der Waals surface area contributed by atoms with Crippen molar-refractivity contribution in [1.29, 1.82) is 0 Å². The Bertz CT molecular complexity index is 634. The summed E-state index contributed by atoms with van der Waals surface area (Å²) in [6.45, 7) is 10.2.